The second-order valence-electron chi connectivity index (χ2n) is 18.1. The average molecular weight is 756 g/mol. The zero-order valence-corrected chi connectivity index (χ0v) is 35.0. The van der Waals surface area contributed by atoms with E-state index in [1.165, 1.54) is 77.7 Å². The fraction of sp³-hybridized carbons (Fsp3) is 0.232. The lowest BCUT2D eigenvalue weighted by atomic mass is 9.73. The van der Waals surface area contributed by atoms with Gasteiger partial charge in [-0.1, -0.05) is 159 Å². The van der Waals surface area contributed by atoms with Gasteiger partial charge >= 0.3 is 0 Å². The van der Waals surface area contributed by atoms with Gasteiger partial charge in [-0.15, -0.1) is 0 Å². The summed E-state index contributed by atoms with van der Waals surface area (Å²) >= 11 is 0. The Morgan fingerprint density at radius 2 is 1.16 bits per heavy atom. The van der Waals surface area contributed by atoms with Gasteiger partial charge in [0.2, 0.25) is 5.69 Å². The van der Waals surface area contributed by atoms with Gasteiger partial charge in [-0.2, -0.15) is 4.58 Å². The molecule has 0 amide bonds. The number of fused-ring (bicyclic) bond motifs is 6. The van der Waals surface area contributed by atoms with Crippen molar-refractivity contribution in [2.45, 2.75) is 64.2 Å². The molecule has 0 radical (unpaired) electrons. The molecule has 2 nitrogen and oxygen atoms in total. The van der Waals surface area contributed by atoms with Crippen LogP contribution in [0.25, 0.3) is 21.5 Å². The largest absolute Gasteiger partial charge is 0.347 e. The van der Waals surface area contributed by atoms with E-state index in [2.05, 4.69) is 227 Å². The molecule has 2 aliphatic heterocycles. The highest BCUT2D eigenvalue weighted by Gasteiger charge is 2.48. The molecule has 3 aliphatic rings. The second-order valence-corrected chi connectivity index (χ2v) is 18.1. The van der Waals surface area contributed by atoms with Crippen LogP contribution in [0.3, 0.4) is 0 Å². The summed E-state index contributed by atoms with van der Waals surface area (Å²) in [6.45, 7) is 9.70. The number of hydrogen-bond donors (Lipinski definition) is 0. The Morgan fingerprint density at radius 3 is 1.83 bits per heavy atom. The molecule has 0 N–H and O–H groups in total. The van der Waals surface area contributed by atoms with Gasteiger partial charge < -0.3 is 4.90 Å². The van der Waals surface area contributed by atoms with Crippen molar-refractivity contribution in [2.75, 3.05) is 19.0 Å². The Labute approximate surface area is 345 Å². The van der Waals surface area contributed by atoms with Crippen LogP contribution in [0.15, 0.2) is 193 Å². The van der Waals surface area contributed by atoms with Gasteiger partial charge in [-0.3, -0.25) is 0 Å². The second kappa shape index (κ2) is 14.7. The molecule has 288 valence electrons. The quantitative estimate of drug-likeness (QED) is 0.140. The highest BCUT2D eigenvalue weighted by molar-refractivity contribution is 6.08. The van der Waals surface area contributed by atoms with E-state index in [9.17, 15) is 0 Å². The first kappa shape index (κ1) is 37.6. The van der Waals surface area contributed by atoms with Crippen LogP contribution in [-0.4, -0.2) is 24.4 Å². The van der Waals surface area contributed by atoms with E-state index in [1.807, 2.05) is 0 Å². The van der Waals surface area contributed by atoms with Gasteiger partial charge in [0, 0.05) is 41.6 Å². The molecule has 0 spiro atoms. The molecular formula is C56H55N2+. The predicted octanol–water partition coefficient (Wildman–Crippen LogP) is 13.5. The number of likely N-dealkylation sites (N-methyl/N-ethyl adjacent to an activating group) is 1. The summed E-state index contributed by atoms with van der Waals surface area (Å²) in [4.78, 5) is 2.43. The maximum absolute atomic E-state index is 2.44. The molecule has 0 aromatic heterocycles. The van der Waals surface area contributed by atoms with Crippen LogP contribution in [0.5, 0.6) is 0 Å². The van der Waals surface area contributed by atoms with Crippen molar-refractivity contribution in [3.05, 3.63) is 215 Å². The molecule has 2 heterocycles. The molecule has 2 atom stereocenters. The number of benzene rings is 6. The van der Waals surface area contributed by atoms with Crippen LogP contribution in [0.1, 0.15) is 62.8 Å². The van der Waals surface area contributed by atoms with Crippen LogP contribution in [0.2, 0.25) is 0 Å². The summed E-state index contributed by atoms with van der Waals surface area (Å²) in [6, 6.07) is 48.9. The van der Waals surface area contributed by atoms with E-state index < -0.39 is 0 Å². The van der Waals surface area contributed by atoms with Crippen LogP contribution in [0, 0.1) is 5.41 Å². The zero-order chi connectivity index (χ0) is 40.1. The van der Waals surface area contributed by atoms with E-state index in [4.69, 9.17) is 0 Å². The minimum atomic E-state index is -0.182. The molecular weight excluding hydrogens is 701 g/mol. The lowest BCUT2D eigenvalue weighted by molar-refractivity contribution is -0.401. The van der Waals surface area contributed by atoms with Crippen molar-refractivity contribution in [1.29, 1.82) is 0 Å². The fourth-order valence-corrected chi connectivity index (χ4v) is 10.7. The summed E-state index contributed by atoms with van der Waals surface area (Å²) in [5.74, 6) is 0. The maximum Gasteiger partial charge on any atom is 0.210 e. The standard InChI is InChI=1S/C56H55N2/c1-54(2)36-42(23-17-29-50-55(3,38-40-19-9-7-10-20-40)52-46-27-15-13-25-44(46)31-33-48(52)57(50)5)35-43(37-54)24-18-30-51-56(4,39-41-21-11-8-12-22-41)53-47-28-16-14-26-45(47)32-34-49(53)58(51)6/h7-35H,36-39H2,1-6H3/q+1. The number of hydrogen-bond acceptors (Lipinski definition) is 1. The van der Waals surface area contributed by atoms with Gasteiger partial charge in [0.1, 0.15) is 7.05 Å². The first-order chi connectivity index (χ1) is 28.0. The average Bonchev–Trinajstić information content (AvgIpc) is 3.56. The summed E-state index contributed by atoms with van der Waals surface area (Å²) in [7, 11) is 4.48. The minimum absolute atomic E-state index is 0.163. The fourth-order valence-electron chi connectivity index (χ4n) is 10.7. The normalized spacial score (nSPS) is 22.9. The smallest absolute Gasteiger partial charge is 0.210 e. The molecule has 9 rings (SSSR count). The van der Waals surface area contributed by atoms with Gasteiger partial charge in [0.05, 0.1) is 5.41 Å². The summed E-state index contributed by atoms with van der Waals surface area (Å²) < 4.78 is 2.43. The minimum Gasteiger partial charge on any atom is -0.347 e. The Morgan fingerprint density at radius 1 is 0.586 bits per heavy atom. The van der Waals surface area contributed by atoms with Crippen LogP contribution >= 0.6 is 0 Å². The van der Waals surface area contributed by atoms with E-state index >= 15 is 0 Å². The van der Waals surface area contributed by atoms with Crippen molar-refractivity contribution < 1.29 is 4.58 Å². The highest BCUT2D eigenvalue weighted by atomic mass is 15.2. The lowest BCUT2D eigenvalue weighted by Gasteiger charge is -2.31. The van der Waals surface area contributed by atoms with E-state index in [0.29, 0.717) is 0 Å². The number of rotatable bonds is 8. The molecule has 1 aliphatic carbocycles. The molecule has 58 heavy (non-hydrogen) atoms. The summed E-state index contributed by atoms with van der Waals surface area (Å²) in [5, 5.41) is 5.28. The number of anilines is 1. The summed E-state index contributed by atoms with van der Waals surface area (Å²) in [6.07, 6.45) is 20.5. The molecule has 6 aromatic carbocycles. The topological polar surface area (TPSA) is 6.25 Å². The van der Waals surface area contributed by atoms with E-state index in [-0.39, 0.29) is 16.2 Å². The Hall–Kier alpha value is -5.99. The van der Waals surface area contributed by atoms with Crippen LogP contribution in [-0.2, 0) is 23.7 Å². The van der Waals surface area contributed by atoms with Crippen molar-refractivity contribution in [2.24, 2.45) is 5.41 Å². The monoisotopic (exact) mass is 755 g/mol. The molecule has 6 aromatic rings. The highest BCUT2D eigenvalue weighted by Crippen LogP contribution is 2.52. The Bertz CT molecular complexity index is 2740. The van der Waals surface area contributed by atoms with Gasteiger partial charge in [-0.05, 0) is 113 Å². The van der Waals surface area contributed by atoms with E-state index in [1.54, 1.807) is 0 Å². The van der Waals surface area contributed by atoms with Crippen LogP contribution < -0.4 is 4.90 Å². The molecule has 0 saturated heterocycles. The Kier molecular flexibility index (Phi) is 9.56. The summed E-state index contributed by atoms with van der Waals surface area (Å²) in [5.41, 5.74) is 13.4. The van der Waals surface area contributed by atoms with Gasteiger partial charge in [-0.25, -0.2) is 0 Å². The predicted molar refractivity (Wildman–Crippen MR) is 248 cm³/mol. The molecule has 0 fully saturated rings. The maximum atomic E-state index is 2.44. The van der Waals surface area contributed by atoms with Gasteiger partial charge in [0.15, 0.2) is 5.71 Å². The molecule has 0 bridgehead atoms. The Balaban J connectivity index is 1.04. The van der Waals surface area contributed by atoms with Crippen molar-refractivity contribution >= 4 is 38.6 Å². The van der Waals surface area contributed by atoms with Gasteiger partial charge in [0.25, 0.3) is 0 Å². The van der Waals surface area contributed by atoms with E-state index in [0.717, 1.165) is 25.7 Å². The zero-order valence-electron chi connectivity index (χ0n) is 35.0. The number of allylic oxidation sites excluding steroid dienone is 10. The van der Waals surface area contributed by atoms with Crippen molar-refractivity contribution in [3.63, 3.8) is 0 Å². The first-order valence-corrected chi connectivity index (χ1v) is 21.0. The van der Waals surface area contributed by atoms with Crippen molar-refractivity contribution in [1.82, 2.24) is 0 Å². The molecule has 0 saturated carbocycles. The number of nitrogens with zero attached hydrogens (tertiary/aromatic N) is 2. The first-order valence-electron chi connectivity index (χ1n) is 21.0. The SMILES string of the molecule is CN1C(=CC=CC2=CC(=CC=CC3=[N+](C)c4ccc5ccccc5c4C3(C)Cc3ccccc3)CC(C)(C)C2)C(C)(Cc2ccccc2)c2c1ccc1ccccc21. The molecule has 2 unspecified atom stereocenters. The third-order valence-corrected chi connectivity index (χ3v) is 13.2. The molecule has 2 heteroatoms. The van der Waals surface area contributed by atoms with Crippen LogP contribution in [0.4, 0.5) is 11.4 Å². The third kappa shape index (κ3) is 6.69. The van der Waals surface area contributed by atoms with Crippen molar-refractivity contribution in [3.8, 4) is 0 Å². The lowest BCUT2D eigenvalue weighted by Crippen LogP contribution is -2.33. The third-order valence-electron chi connectivity index (χ3n) is 13.2.